The Morgan fingerprint density at radius 2 is 1.54 bits per heavy atom. The van der Waals surface area contributed by atoms with Crippen LogP contribution >= 0.6 is 0 Å². The first-order valence-corrected chi connectivity index (χ1v) is 10.2. The summed E-state index contributed by atoms with van der Waals surface area (Å²) < 4.78 is 48.4. The number of carbonyl (C=O) groups is 1. The molecule has 0 aliphatic heterocycles. The van der Waals surface area contributed by atoms with Crippen molar-refractivity contribution in [2.24, 2.45) is 16.5 Å². The average Bonchev–Trinajstić information content (AvgIpc) is 2.34. The molecule has 1 amide bonds. The molecule has 1 aromatic carbocycles. The van der Waals surface area contributed by atoms with E-state index in [2.05, 4.69) is 4.99 Å². The second-order valence-corrected chi connectivity index (χ2v) is 11.0. The quantitative estimate of drug-likeness (QED) is 0.573. The van der Waals surface area contributed by atoms with Gasteiger partial charge in [0.25, 0.3) is 5.91 Å². The van der Waals surface area contributed by atoms with E-state index in [-0.39, 0.29) is 16.0 Å². The van der Waals surface area contributed by atoms with Crippen molar-refractivity contribution in [3.63, 3.8) is 0 Å². The van der Waals surface area contributed by atoms with Gasteiger partial charge in [0.1, 0.15) is 0 Å². The van der Waals surface area contributed by atoms with Gasteiger partial charge in [-0.05, 0) is 45.4 Å². The molecule has 0 saturated heterocycles. The van der Waals surface area contributed by atoms with Crippen LogP contribution in [0, 0.1) is 6.92 Å². The van der Waals surface area contributed by atoms with Gasteiger partial charge >= 0.3 is 0 Å². The van der Waals surface area contributed by atoms with Gasteiger partial charge in [0.15, 0.2) is 25.6 Å². The molecule has 0 fully saturated rings. The lowest BCUT2D eigenvalue weighted by Crippen LogP contribution is -2.29. The number of rotatable bonds is 3. The molecule has 0 aromatic heterocycles. The molecule has 0 aliphatic carbocycles. The normalized spacial score (nSPS) is 12.7. The minimum absolute atomic E-state index is 0.0864. The Bertz CT molecular complexity index is 920. The summed E-state index contributed by atoms with van der Waals surface area (Å²) in [5.41, 5.74) is 10.5. The van der Waals surface area contributed by atoms with E-state index in [0.29, 0.717) is 0 Å². The predicted molar refractivity (Wildman–Crippen MR) is 91.4 cm³/mol. The zero-order valence-electron chi connectivity index (χ0n) is 14.1. The monoisotopic (exact) mass is 375 g/mol. The van der Waals surface area contributed by atoms with Crippen molar-refractivity contribution in [3.05, 3.63) is 23.3 Å². The number of amides is 1. The van der Waals surface area contributed by atoms with E-state index in [1.807, 2.05) is 0 Å². The van der Waals surface area contributed by atoms with Crippen LogP contribution in [0.15, 0.2) is 26.9 Å². The van der Waals surface area contributed by atoms with Gasteiger partial charge in [-0.1, -0.05) is 0 Å². The second kappa shape index (κ2) is 6.17. The number of aliphatic imine (C=N–C) groups is 1. The van der Waals surface area contributed by atoms with E-state index in [9.17, 15) is 21.6 Å². The second-order valence-electron chi connectivity index (χ2n) is 6.34. The molecule has 10 heteroatoms. The summed E-state index contributed by atoms with van der Waals surface area (Å²) in [5, 5.41) is 0. The van der Waals surface area contributed by atoms with E-state index in [0.717, 1.165) is 18.4 Å². The average molecular weight is 375 g/mol. The van der Waals surface area contributed by atoms with Gasteiger partial charge in [-0.2, -0.15) is 4.99 Å². The van der Waals surface area contributed by atoms with Crippen molar-refractivity contribution in [1.29, 1.82) is 0 Å². The topological polar surface area (TPSA) is 150 Å². The summed E-state index contributed by atoms with van der Waals surface area (Å²) in [6.45, 7) is 5.86. The van der Waals surface area contributed by atoms with Gasteiger partial charge in [0.2, 0.25) is 0 Å². The fourth-order valence-electron chi connectivity index (χ4n) is 1.90. The van der Waals surface area contributed by atoms with Crippen molar-refractivity contribution >= 4 is 31.5 Å². The fourth-order valence-corrected chi connectivity index (χ4v) is 4.75. The van der Waals surface area contributed by atoms with E-state index in [4.69, 9.17) is 11.5 Å². The molecule has 0 aliphatic rings. The highest BCUT2D eigenvalue weighted by Gasteiger charge is 2.35. The lowest BCUT2D eigenvalue weighted by Gasteiger charge is -2.22. The Balaban J connectivity index is 3.88. The molecule has 24 heavy (non-hydrogen) atoms. The fraction of sp³-hybridized carbons (Fsp3) is 0.429. The summed E-state index contributed by atoms with van der Waals surface area (Å²) in [6.07, 6.45) is 0.869. The summed E-state index contributed by atoms with van der Waals surface area (Å²) in [5.74, 6) is -1.33. The van der Waals surface area contributed by atoms with Crippen LogP contribution in [0.4, 0.5) is 0 Å². The van der Waals surface area contributed by atoms with E-state index in [1.165, 1.54) is 27.7 Å². The Morgan fingerprint density at radius 1 is 1.04 bits per heavy atom. The maximum absolute atomic E-state index is 12.7. The lowest BCUT2D eigenvalue weighted by atomic mass is 10.1. The standard InChI is InChI=1S/C14H21N3O5S2/c1-8-6-11(24(21,22)14(2,3)4)10(23(5,19)20)7-9(8)12(18)17-13(15)16/h6-7H,1-5H3,(H4,15,16,17,18). The Labute approximate surface area is 141 Å². The van der Waals surface area contributed by atoms with Crippen LogP contribution in [0.25, 0.3) is 0 Å². The van der Waals surface area contributed by atoms with Crippen LogP contribution in [0.1, 0.15) is 36.7 Å². The minimum Gasteiger partial charge on any atom is -0.370 e. The molecule has 0 saturated carbocycles. The Morgan fingerprint density at radius 3 is 1.92 bits per heavy atom. The molecular formula is C14H21N3O5S2. The maximum Gasteiger partial charge on any atom is 0.280 e. The Kier molecular flexibility index (Phi) is 5.17. The first-order chi connectivity index (χ1) is 10.6. The number of guanidine groups is 1. The first-order valence-electron chi connectivity index (χ1n) is 6.82. The van der Waals surface area contributed by atoms with Crippen molar-refractivity contribution in [1.82, 2.24) is 0 Å². The highest BCUT2D eigenvalue weighted by atomic mass is 32.2. The molecule has 0 unspecified atom stereocenters. The number of sulfone groups is 2. The zero-order chi connectivity index (χ0) is 19.1. The number of nitrogens with two attached hydrogens (primary N) is 2. The number of benzene rings is 1. The third-order valence-electron chi connectivity index (χ3n) is 3.25. The van der Waals surface area contributed by atoms with Gasteiger partial charge in [-0.15, -0.1) is 0 Å². The number of nitrogens with zero attached hydrogens (tertiary/aromatic N) is 1. The van der Waals surface area contributed by atoms with Crippen molar-refractivity contribution in [3.8, 4) is 0 Å². The predicted octanol–water partition coefficient (Wildman–Crippen LogP) is 0.384. The van der Waals surface area contributed by atoms with Crippen LogP contribution in [0.2, 0.25) is 0 Å². The molecule has 8 nitrogen and oxygen atoms in total. The van der Waals surface area contributed by atoms with Gasteiger partial charge in [-0.3, -0.25) is 4.79 Å². The van der Waals surface area contributed by atoms with Crippen molar-refractivity contribution in [2.45, 2.75) is 42.2 Å². The van der Waals surface area contributed by atoms with E-state index in [1.54, 1.807) is 0 Å². The van der Waals surface area contributed by atoms with Crippen molar-refractivity contribution < 1.29 is 21.6 Å². The van der Waals surface area contributed by atoms with Crippen LogP contribution in [0.3, 0.4) is 0 Å². The molecule has 1 rings (SSSR count). The molecule has 4 N–H and O–H groups in total. The number of carbonyl (C=O) groups excluding carboxylic acids is 1. The van der Waals surface area contributed by atoms with Crippen LogP contribution in [-0.2, 0) is 19.7 Å². The molecule has 0 atom stereocenters. The molecule has 134 valence electrons. The Hall–Kier alpha value is -1.94. The van der Waals surface area contributed by atoms with Crippen LogP contribution in [0.5, 0.6) is 0 Å². The third-order valence-corrected chi connectivity index (χ3v) is 7.04. The zero-order valence-corrected chi connectivity index (χ0v) is 15.7. The van der Waals surface area contributed by atoms with Gasteiger partial charge in [0.05, 0.1) is 14.5 Å². The molecule has 0 radical (unpaired) electrons. The van der Waals surface area contributed by atoms with E-state index >= 15 is 0 Å². The highest BCUT2D eigenvalue weighted by Crippen LogP contribution is 2.32. The largest absolute Gasteiger partial charge is 0.370 e. The SMILES string of the molecule is Cc1cc(S(=O)(=O)C(C)(C)C)c(S(C)(=O)=O)cc1C(=O)N=C(N)N. The van der Waals surface area contributed by atoms with Gasteiger partial charge < -0.3 is 11.5 Å². The molecule has 0 bridgehead atoms. The smallest absolute Gasteiger partial charge is 0.280 e. The van der Waals surface area contributed by atoms with Crippen LogP contribution < -0.4 is 11.5 Å². The molecular weight excluding hydrogens is 354 g/mol. The first kappa shape index (κ1) is 20.1. The van der Waals surface area contributed by atoms with E-state index < -0.39 is 41.2 Å². The lowest BCUT2D eigenvalue weighted by molar-refractivity contribution is 0.100. The number of hydrogen-bond acceptors (Lipinski definition) is 5. The van der Waals surface area contributed by atoms with Crippen molar-refractivity contribution in [2.75, 3.05) is 6.26 Å². The summed E-state index contributed by atoms with van der Waals surface area (Å²) in [6, 6.07) is 2.16. The summed E-state index contributed by atoms with van der Waals surface area (Å²) >= 11 is 0. The van der Waals surface area contributed by atoms with Gasteiger partial charge in [0, 0.05) is 11.8 Å². The molecule has 0 spiro atoms. The summed E-state index contributed by atoms with van der Waals surface area (Å²) in [7, 11) is -7.87. The van der Waals surface area contributed by atoms with Gasteiger partial charge in [-0.25, -0.2) is 16.8 Å². The minimum atomic E-state index is -3.95. The van der Waals surface area contributed by atoms with Crippen LogP contribution in [-0.4, -0.2) is 39.7 Å². The molecule has 0 heterocycles. The maximum atomic E-state index is 12.7. The summed E-state index contributed by atoms with van der Waals surface area (Å²) in [4.78, 5) is 14.6. The third kappa shape index (κ3) is 3.93. The number of hydrogen-bond donors (Lipinski definition) is 2. The number of aryl methyl sites for hydroxylation is 1. The molecule has 1 aromatic rings. The highest BCUT2D eigenvalue weighted by molar-refractivity contribution is 7.95.